The second-order valence-corrected chi connectivity index (χ2v) is 4.23. The van der Waals surface area contributed by atoms with E-state index in [9.17, 15) is 4.79 Å². The molecule has 2 rings (SSSR count). The molecule has 0 aromatic carbocycles. The van der Waals surface area contributed by atoms with Gasteiger partial charge < -0.3 is 4.74 Å². The first-order valence-electron chi connectivity index (χ1n) is 4.55. The van der Waals surface area contributed by atoms with Crippen LogP contribution in [-0.4, -0.2) is 28.3 Å². The van der Waals surface area contributed by atoms with Crippen molar-refractivity contribution in [2.45, 2.75) is 6.92 Å². The van der Waals surface area contributed by atoms with Gasteiger partial charge in [-0.15, -0.1) is 10.2 Å². The lowest BCUT2D eigenvalue weighted by molar-refractivity contribution is 0.0600. The van der Waals surface area contributed by atoms with Crippen molar-refractivity contribution >= 4 is 17.3 Å². The molecule has 6 heteroatoms. The molecule has 0 saturated carbocycles. The number of aromatic nitrogens is 3. The highest BCUT2D eigenvalue weighted by atomic mass is 32.1. The molecule has 0 aliphatic rings. The Morgan fingerprint density at radius 1 is 1.38 bits per heavy atom. The van der Waals surface area contributed by atoms with E-state index in [1.165, 1.54) is 24.6 Å². The predicted octanol–water partition coefficient (Wildman–Crippen LogP) is 1.70. The highest BCUT2D eigenvalue weighted by molar-refractivity contribution is 7.14. The number of carbonyl (C=O) groups is 1. The summed E-state index contributed by atoms with van der Waals surface area (Å²) in [6.07, 6.45) is 1.47. The molecule has 0 fully saturated rings. The Kier molecular flexibility index (Phi) is 2.91. The van der Waals surface area contributed by atoms with Crippen molar-refractivity contribution in [1.82, 2.24) is 15.2 Å². The molecule has 0 unspecified atom stereocenters. The number of nitrogens with zero attached hydrogens (tertiary/aromatic N) is 3. The average molecular weight is 235 g/mol. The highest BCUT2D eigenvalue weighted by Gasteiger charge is 2.08. The van der Waals surface area contributed by atoms with Crippen molar-refractivity contribution in [1.29, 1.82) is 0 Å². The molecular formula is C10H9N3O2S. The van der Waals surface area contributed by atoms with Crippen molar-refractivity contribution in [3.63, 3.8) is 0 Å². The minimum Gasteiger partial charge on any atom is -0.465 e. The predicted molar refractivity (Wildman–Crippen MR) is 59.2 cm³/mol. The van der Waals surface area contributed by atoms with Crippen LogP contribution in [-0.2, 0) is 4.74 Å². The van der Waals surface area contributed by atoms with Gasteiger partial charge in [-0.1, -0.05) is 11.3 Å². The lowest BCUT2D eigenvalue weighted by Crippen LogP contribution is -2.01. The molecule has 0 amide bonds. The Bertz CT molecular complexity index is 507. The monoisotopic (exact) mass is 235 g/mol. The van der Waals surface area contributed by atoms with Gasteiger partial charge in [-0.2, -0.15) is 0 Å². The van der Waals surface area contributed by atoms with Crippen LogP contribution in [0.2, 0.25) is 0 Å². The summed E-state index contributed by atoms with van der Waals surface area (Å²) in [6, 6.07) is 3.39. The molecule has 2 heterocycles. The largest absolute Gasteiger partial charge is 0.465 e. The van der Waals surface area contributed by atoms with Gasteiger partial charge in [0.1, 0.15) is 10.7 Å². The molecule has 0 atom stereocenters. The van der Waals surface area contributed by atoms with Gasteiger partial charge >= 0.3 is 5.97 Å². The van der Waals surface area contributed by atoms with Crippen molar-refractivity contribution in [3.8, 4) is 10.7 Å². The van der Waals surface area contributed by atoms with E-state index >= 15 is 0 Å². The second-order valence-electron chi connectivity index (χ2n) is 3.05. The summed E-state index contributed by atoms with van der Waals surface area (Å²) in [5.74, 6) is -0.396. The van der Waals surface area contributed by atoms with Crippen molar-refractivity contribution < 1.29 is 9.53 Å². The third kappa shape index (κ3) is 2.06. The maximum absolute atomic E-state index is 11.2. The first-order valence-corrected chi connectivity index (χ1v) is 5.37. The SMILES string of the molecule is COC(=O)c1ccc(-c2nnc(C)s2)nc1. The number of pyridine rings is 1. The highest BCUT2D eigenvalue weighted by Crippen LogP contribution is 2.20. The summed E-state index contributed by atoms with van der Waals surface area (Å²) < 4.78 is 4.58. The van der Waals surface area contributed by atoms with E-state index in [4.69, 9.17) is 0 Å². The van der Waals surface area contributed by atoms with Crippen molar-refractivity contribution in [2.24, 2.45) is 0 Å². The van der Waals surface area contributed by atoms with Crippen LogP contribution in [0, 0.1) is 6.92 Å². The van der Waals surface area contributed by atoms with Gasteiger partial charge in [0.25, 0.3) is 0 Å². The van der Waals surface area contributed by atoms with E-state index in [0.717, 1.165) is 10.0 Å². The number of hydrogen-bond donors (Lipinski definition) is 0. The fourth-order valence-corrected chi connectivity index (χ4v) is 1.83. The molecule has 0 aliphatic heterocycles. The Labute approximate surface area is 96.1 Å². The molecule has 0 N–H and O–H groups in total. The molecule has 0 bridgehead atoms. The molecule has 5 nitrogen and oxygen atoms in total. The fourth-order valence-electron chi connectivity index (χ4n) is 1.16. The van der Waals surface area contributed by atoms with Gasteiger partial charge in [0.15, 0.2) is 5.01 Å². The maximum atomic E-state index is 11.2. The molecule has 0 radical (unpaired) electrons. The average Bonchev–Trinajstić information content (AvgIpc) is 2.75. The maximum Gasteiger partial charge on any atom is 0.339 e. The Morgan fingerprint density at radius 3 is 2.69 bits per heavy atom. The molecule has 2 aromatic heterocycles. The van der Waals surface area contributed by atoms with Crippen LogP contribution >= 0.6 is 11.3 Å². The normalized spacial score (nSPS) is 10.1. The number of methoxy groups -OCH3 is 1. The molecule has 82 valence electrons. The number of aryl methyl sites for hydroxylation is 1. The van der Waals surface area contributed by atoms with E-state index in [1.54, 1.807) is 12.1 Å². The lowest BCUT2D eigenvalue weighted by Gasteiger charge is -1.98. The van der Waals surface area contributed by atoms with Gasteiger partial charge in [-0.05, 0) is 19.1 Å². The standard InChI is InChI=1S/C10H9N3O2S/c1-6-12-13-9(16-6)8-4-3-7(5-11-8)10(14)15-2/h3-5H,1-2H3. The quantitative estimate of drug-likeness (QED) is 0.741. The van der Waals surface area contributed by atoms with Crippen LogP contribution in [0.1, 0.15) is 15.4 Å². The van der Waals surface area contributed by atoms with Crippen LogP contribution in [0.5, 0.6) is 0 Å². The third-order valence-electron chi connectivity index (χ3n) is 1.93. The molecule has 2 aromatic rings. The molecule has 0 spiro atoms. The molecule has 16 heavy (non-hydrogen) atoms. The van der Waals surface area contributed by atoms with E-state index in [1.807, 2.05) is 6.92 Å². The van der Waals surface area contributed by atoms with Crippen LogP contribution in [0.3, 0.4) is 0 Å². The number of hydrogen-bond acceptors (Lipinski definition) is 6. The summed E-state index contributed by atoms with van der Waals surface area (Å²) in [4.78, 5) is 15.3. The zero-order chi connectivity index (χ0) is 11.5. The Balaban J connectivity index is 2.29. The summed E-state index contributed by atoms with van der Waals surface area (Å²) in [7, 11) is 1.34. The van der Waals surface area contributed by atoms with Crippen LogP contribution in [0.15, 0.2) is 18.3 Å². The molecule has 0 aliphatic carbocycles. The number of ether oxygens (including phenoxy) is 1. The topological polar surface area (TPSA) is 65.0 Å². The Hall–Kier alpha value is -1.82. The summed E-state index contributed by atoms with van der Waals surface area (Å²) >= 11 is 1.46. The van der Waals surface area contributed by atoms with Crippen molar-refractivity contribution in [3.05, 3.63) is 28.9 Å². The van der Waals surface area contributed by atoms with Crippen LogP contribution in [0.4, 0.5) is 0 Å². The van der Waals surface area contributed by atoms with Crippen molar-refractivity contribution in [2.75, 3.05) is 7.11 Å². The van der Waals surface area contributed by atoms with Crippen LogP contribution < -0.4 is 0 Å². The molecular weight excluding hydrogens is 226 g/mol. The summed E-state index contributed by atoms with van der Waals surface area (Å²) in [5.41, 5.74) is 1.13. The number of esters is 1. The first kappa shape index (κ1) is 10.7. The second kappa shape index (κ2) is 4.36. The van der Waals surface area contributed by atoms with Gasteiger partial charge in [0, 0.05) is 6.20 Å². The minimum atomic E-state index is -0.396. The lowest BCUT2D eigenvalue weighted by atomic mass is 10.2. The van der Waals surface area contributed by atoms with Gasteiger partial charge in [-0.25, -0.2) is 4.79 Å². The zero-order valence-electron chi connectivity index (χ0n) is 8.80. The third-order valence-corrected chi connectivity index (χ3v) is 2.79. The Morgan fingerprint density at radius 2 is 2.19 bits per heavy atom. The summed E-state index contributed by atoms with van der Waals surface area (Å²) in [5, 5.41) is 9.50. The van der Waals surface area contributed by atoms with Gasteiger partial charge in [-0.3, -0.25) is 4.98 Å². The number of carbonyl (C=O) groups excluding carboxylic acids is 1. The molecule has 0 saturated heterocycles. The van der Waals surface area contributed by atoms with Gasteiger partial charge in [0.05, 0.1) is 12.7 Å². The minimum absolute atomic E-state index is 0.396. The zero-order valence-corrected chi connectivity index (χ0v) is 9.61. The van der Waals surface area contributed by atoms with E-state index in [0.29, 0.717) is 11.3 Å². The van der Waals surface area contributed by atoms with E-state index < -0.39 is 5.97 Å². The van der Waals surface area contributed by atoms with E-state index in [2.05, 4.69) is 19.9 Å². The fraction of sp³-hybridized carbons (Fsp3) is 0.200. The smallest absolute Gasteiger partial charge is 0.339 e. The number of rotatable bonds is 2. The summed E-state index contributed by atoms with van der Waals surface area (Å²) in [6.45, 7) is 1.88. The first-order chi connectivity index (χ1) is 7.70. The van der Waals surface area contributed by atoms with E-state index in [-0.39, 0.29) is 0 Å². The van der Waals surface area contributed by atoms with Crippen LogP contribution in [0.25, 0.3) is 10.7 Å². The van der Waals surface area contributed by atoms with Gasteiger partial charge in [0.2, 0.25) is 0 Å².